The van der Waals surface area contributed by atoms with E-state index in [1.54, 1.807) is 0 Å². The maximum absolute atomic E-state index is 5.48. The molecule has 0 aliphatic rings. The molecule has 0 aliphatic carbocycles. The van der Waals surface area contributed by atoms with E-state index >= 15 is 0 Å². The molecule has 1 nitrogen and oxygen atoms in total. The van der Waals surface area contributed by atoms with Crippen LogP contribution >= 0.6 is 15.9 Å². The van der Waals surface area contributed by atoms with Gasteiger partial charge in [-0.05, 0) is 25.5 Å². The van der Waals surface area contributed by atoms with Crippen molar-refractivity contribution in [3.8, 4) is 0 Å². The third kappa shape index (κ3) is 2.32. The lowest BCUT2D eigenvalue weighted by atomic mass is 10.1. The first-order valence-corrected chi connectivity index (χ1v) is 4.91. The Labute approximate surface area is 81.9 Å². The number of benzene rings is 1. The zero-order chi connectivity index (χ0) is 8.97. The van der Waals surface area contributed by atoms with Gasteiger partial charge in [-0.2, -0.15) is 0 Å². The summed E-state index contributed by atoms with van der Waals surface area (Å²) in [5, 5.41) is 0. The largest absolute Gasteiger partial charge is 0.374 e. The van der Waals surface area contributed by atoms with E-state index in [9.17, 15) is 0 Å². The second-order valence-corrected chi connectivity index (χ2v) is 3.47. The van der Waals surface area contributed by atoms with Crippen LogP contribution in [0.3, 0.4) is 0 Å². The Morgan fingerprint density at radius 2 is 2.08 bits per heavy atom. The van der Waals surface area contributed by atoms with Gasteiger partial charge in [0.2, 0.25) is 0 Å². The Hall–Kier alpha value is -0.340. The topological polar surface area (TPSA) is 9.23 Å². The molecule has 1 unspecified atom stereocenters. The quantitative estimate of drug-likeness (QED) is 0.770. The van der Waals surface area contributed by atoms with Gasteiger partial charge in [-0.1, -0.05) is 34.1 Å². The van der Waals surface area contributed by atoms with Crippen LogP contribution in [-0.2, 0) is 4.74 Å². The SMILES string of the molecule is CCOC(C)c1ccccc1Br. The van der Waals surface area contributed by atoms with E-state index in [0.717, 1.165) is 11.1 Å². The maximum Gasteiger partial charge on any atom is 0.0807 e. The highest BCUT2D eigenvalue weighted by atomic mass is 79.9. The number of ether oxygens (including phenoxy) is 1. The Morgan fingerprint density at radius 1 is 1.42 bits per heavy atom. The molecule has 66 valence electrons. The van der Waals surface area contributed by atoms with Crippen molar-refractivity contribution >= 4 is 15.9 Å². The molecule has 0 aromatic heterocycles. The van der Waals surface area contributed by atoms with Gasteiger partial charge in [0.1, 0.15) is 0 Å². The van der Waals surface area contributed by atoms with Gasteiger partial charge in [0.05, 0.1) is 6.10 Å². The number of hydrogen-bond donors (Lipinski definition) is 0. The Balaban J connectivity index is 2.79. The van der Waals surface area contributed by atoms with E-state index in [1.807, 2.05) is 25.1 Å². The molecule has 1 aromatic carbocycles. The molecular weight excluding hydrogens is 216 g/mol. The molecule has 0 fully saturated rings. The molecule has 12 heavy (non-hydrogen) atoms. The highest BCUT2D eigenvalue weighted by molar-refractivity contribution is 9.10. The number of rotatable bonds is 3. The molecule has 1 aromatic rings. The zero-order valence-corrected chi connectivity index (χ0v) is 8.97. The number of halogens is 1. The summed E-state index contributed by atoms with van der Waals surface area (Å²) in [7, 11) is 0. The molecule has 1 rings (SSSR count). The van der Waals surface area contributed by atoms with Gasteiger partial charge in [0, 0.05) is 11.1 Å². The van der Waals surface area contributed by atoms with E-state index in [-0.39, 0.29) is 6.10 Å². The van der Waals surface area contributed by atoms with E-state index in [4.69, 9.17) is 4.74 Å². The van der Waals surface area contributed by atoms with Crippen LogP contribution < -0.4 is 0 Å². The van der Waals surface area contributed by atoms with Gasteiger partial charge >= 0.3 is 0 Å². The second-order valence-electron chi connectivity index (χ2n) is 2.62. The fourth-order valence-corrected chi connectivity index (χ4v) is 1.75. The molecule has 0 heterocycles. The first-order chi connectivity index (χ1) is 5.75. The van der Waals surface area contributed by atoms with E-state index in [2.05, 4.69) is 28.9 Å². The van der Waals surface area contributed by atoms with E-state index < -0.39 is 0 Å². The van der Waals surface area contributed by atoms with Crippen molar-refractivity contribution in [1.29, 1.82) is 0 Å². The van der Waals surface area contributed by atoms with Crippen molar-refractivity contribution in [2.45, 2.75) is 20.0 Å². The summed E-state index contributed by atoms with van der Waals surface area (Å²) in [5.41, 5.74) is 1.21. The first kappa shape index (κ1) is 9.75. The highest BCUT2D eigenvalue weighted by Gasteiger charge is 2.06. The third-order valence-corrected chi connectivity index (χ3v) is 2.48. The summed E-state index contributed by atoms with van der Waals surface area (Å²) in [6.07, 6.45) is 0.172. The normalized spacial score (nSPS) is 12.9. The fraction of sp³-hybridized carbons (Fsp3) is 0.400. The van der Waals surface area contributed by atoms with Gasteiger partial charge in [-0.3, -0.25) is 0 Å². The van der Waals surface area contributed by atoms with Crippen LogP contribution in [0.25, 0.3) is 0 Å². The lowest BCUT2D eigenvalue weighted by Crippen LogP contribution is -1.99. The minimum absolute atomic E-state index is 0.172. The van der Waals surface area contributed by atoms with Gasteiger partial charge in [-0.15, -0.1) is 0 Å². The van der Waals surface area contributed by atoms with Crippen molar-refractivity contribution in [2.75, 3.05) is 6.61 Å². The van der Waals surface area contributed by atoms with Gasteiger partial charge in [0.15, 0.2) is 0 Å². The lowest BCUT2D eigenvalue weighted by molar-refractivity contribution is 0.0759. The minimum atomic E-state index is 0.172. The molecule has 0 bridgehead atoms. The van der Waals surface area contributed by atoms with Crippen LogP contribution in [0, 0.1) is 0 Å². The van der Waals surface area contributed by atoms with Crippen LogP contribution in [0.1, 0.15) is 25.5 Å². The third-order valence-electron chi connectivity index (χ3n) is 1.76. The van der Waals surface area contributed by atoms with Crippen molar-refractivity contribution in [3.63, 3.8) is 0 Å². The predicted molar refractivity (Wildman–Crippen MR) is 54.2 cm³/mol. The molecule has 0 radical (unpaired) electrons. The van der Waals surface area contributed by atoms with Gasteiger partial charge < -0.3 is 4.74 Å². The average molecular weight is 229 g/mol. The summed E-state index contributed by atoms with van der Waals surface area (Å²) in [4.78, 5) is 0. The molecular formula is C10H13BrO. The van der Waals surface area contributed by atoms with Crippen molar-refractivity contribution in [2.24, 2.45) is 0 Å². The molecule has 0 spiro atoms. The Morgan fingerprint density at radius 3 is 2.67 bits per heavy atom. The van der Waals surface area contributed by atoms with Crippen molar-refractivity contribution in [3.05, 3.63) is 34.3 Å². The van der Waals surface area contributed by atoms with Gasteiger partial charge in [0.25, 0.3) is 0 Å². The molecule has 0 aliphatic heterocycles. The van der Waals surface area contributed by atoms with Crippen molar-refractivity contribution < 1.29 is 4.74 Å². The van der Waals surface area contributed by atoms with E-state index in [0.29, 0.717) is 0 Å². The van der Waals surface area contributed by atoms with Crippen LogP contribution in [0.4, 0.5) is 0 Å². The summed E-state index contributed by atoms with van der Waals surface area (Å²) in [5.74, 6) is 0. The summed E-state index contributed by atoms with van der Waals surface area (Å²) in [6.45, 7) is 4.82. The summed E-state index contributed by atoms with van der Waals surface area (Å²) in [6, 6.07) is 8.14. The van der Waals surface area contributed by atoms with Crippen LogP contribution in [0.2, 0.25) is 0 Å². The summed E-state index contributed by atoms with van der Waals surface area (Å²) < 4.78 is 6.60. The smallest absolute Gasteiger partial charge is 0.0807 e. The van der Waals surface area contributed by atoms with Crippen LogP contribution in [0.15, 0.2) is 28.7 Å². The van der Waals surface area contributed by atoms with Gasteiger partial charge in [-0.25, -0.2) is 0 Å². The molecule has 0 saturated carbocycles. The monoisotopic (exact) mass is 228 g/mol. The molecule has 0 amide bonds. The lowest BCUT2D eigenvalue weighted by Gasteiger charge is -2.13. The molecule has 0 saturated heterocycles. The predicted octanol–water partition coefficient (Wildman–Crippen LogP) is 3.55. The summed E-state index contributed by atoms with van der Waals surface area (Å²) >= 11 is 3.49. The molecule has 1 atom stereocenters. The fourth-order valence-electron chi connectivity index (χ4n) is 1.14. The first-order valence-electron chi connectivity index (χ1n) is 4.11. The minimum Gasteiger partial charge on any atom is -0.374 e. The molecule has 2 heteroatoms. The maximum atomic E-state index is 5.48. The van der Waals surface area contributed by atoms with Crippen molar-refractivity contribution in [1.82, 2.24) is 0 Å². The second kappa shape index (κ2) is 4.63. The van der Waals surface area contributed by atoms with E-state index in [1.165, 1.54) is 5.56 Å². The standard InChI is InChI=1S/C10H13BrO/c1-3-12-8(2)9-6-4-5-7-10(9)11/h4-8H,3H2,1-2H3. The molecule has 0 N–H and O–H groups in total. The van der Waals surface area contributed by atoms with Crippen LogP contribution in [0.5, 0.6) is 0 Å². The average Bonchev–Trinajstić information content (AvgIpc) is 2.05. The Kier molecular flexibility index (Phi) is 3.76. The number of hydrogen-bond acceptors (Lipinski definition) is 1. The highest BCUT2D eigenvalue weighted by Crippen LogP contribution is 2.24. The zero-order valence-electron chi connectivity index (χ0n) is 7.38. The van der Waals surface area contributed by atoms with Crippen LogP contribution in [-0.4, -0.2) is 6.61 Å². The Bertz CT molecular complexity index is 247.